The van der Waals surface area contributed by atoms with Gasteiger partial charge >= 0.3 is 6.18 Å². The Balaban J connectivity index is 1.39. The van der Waals surface area contributed by atoms with Crippen molar-refractivity contribution in [2.75, 3.05) is 36.4 Å². The van der Waals surface area contributed by atoms with E-state index in [9.17, 15) is 18.0 Å². The summed E-state index contributed by atoms with van der Waals surface area (Å²) < 4.78 is 42.8. The van der Waals surface area contributed by atoms with Gasteiger partial charge in [0.1, 0.15) is 11.4 Å². The molecule has 9 heteroatoms. The number of halogens is 3. The number of hydrogen-bond acceptors (Lipinski definition) is 4. The zero-order chi connectivity index (χ0) is 23.9. The van der Waals surface area contributed by atoms with Crippen molar-refractivity contribution < 1.29 is 18.0 Å². The highest BCUT2D eigenvalue weighted by molar-refractivity contribution is 5.99. The maximum absolute atomic E-state index is 14.0. The first-order valence-electron chi connectivity index (χ1n) is 11.4. The van der Waals surface area contributed by atoms with Crippen molar-refractivity contribution in [3.63, 3.8) is 0 Å². The van der Waals surface area contributed by atoms with E-state index in [1.54, 1.807) is 4.90 Å². The first-order chi connectivity index (χ1) is 16.3. The quantitative estimate of drug-likeness (QED) is 0.598. The highest BCUT2D eigenvalue weighted by Crippen LogP contribution is 2.44. The fraction of sp³-hybridized carbons (Fsp3) is 0.360. The maximum atomic E-state index is 14.0. The van der Waals surface area contributed by atoms with E-state index in [1.807, 2.05) is 61.5 Å². The minimum absolute atomic E-state index is 0.134. The lowest BCUT2D eigenvalue weighted by Crippen LogP contribution is -2.49. The smallest absolute Gasteiger partial charge is 0.368 e. The van der Waals surface area contributed by atoms with Gasteiger partial charge in [-0.05, 0) is 24.6 Å². The molecule has 0 saturated carbocycles. The number of aromatic nitrogens is 2. The van der Waals surface area contributed by atoms with Crippen LogP contribution in [-0.2, 0) is 0 Å². The van der Waals surface area contributed by atoms with Crippen molar-refractivity contribution in [3.8, 4) is 0 Å². The molecule has 0 unspecified atom stereocenters. The topological polar surface area (TPSA) is 53.4 Å². The number of alkyl halides is 3. The number of anilines is 2. The minimum atomic E-state index is -4.48. The number of rotatable bonds is 3. The van der Waals surface area contributed by atoms with Crippen LogP contribution in [0.1, 0.15) is 40.0 Å². The van der Waals surface area contributed by atoms with Crippen molar-refractivity contribution in [2.45, 2.75) is 31.6 Å². The second kappa shape index (κ2) is 8.70. The number of benzene rings is 2. The zero-order valence-corrected chi connectivity index (χ0v) is 18.8. The fourth-order valence-electron chi connectivity index (χ4n) is 4.71. The van der Waals surface area contributed by atoms with Gasteiger partial charge in [-0.3, -0.25) is 4.79 Å². The predicted octanol–water partition coefficient (Wildman–Crippen LogP) is 4.81. The van der Waals surface area contributed by atoms with Crippen LogP contribution in [0.25, 0.3) is 0 Å². The summed E-state index contributed by atoms with van der Waals surface area (Å²) in [6, 6.07) is 15.0. The summed E-state index contributed by atoms with van der Waals surface area (Å²) in [6.45, 7) is 4.22. The molecule has 1 N–H and O–H groups in total. The lowest BCUT2D eigenvalue weighted by Gasteiger charge is -2.37. The zero-order valence-electron chi connectivity index (χ0n) is 18.8. The molecule has 0 aliphatic carbocycles. The normalized spacial score (nSPS) is 20.6. The second-order valence-electron chi connectivity index (χ2n) is 8.87. The Hall–Kier alpha value is -3.49. The van der Waals surface area contributed by atoms with Gasteiger partial charge in [-0.15, -0.1) is 0 Å². The summed E-state index contributed by atoms with van der Waals surface area (Å²) in [6.07, 6.45) is -3.40. The highest BCUT2D eigenvalue weighted by atomic mass is 19.4. The number of hydrogen-bond donors (Lipinski definition) is 1. The lowest BCUT2D eigenvalue weighted by molar-refractivity contribution is -0.173. The molecule has 1 amide bonds. The number of carbonyl (C=O) groups is 1. The van der Waals surface area contributed by atoms with Gasteiger partial charge in [-0.1, -0.05) is 48.0 Å². The Morgan fingerprint density at radius 1 is 1.00 bits per heavy atom. The van der Waals surface area contributed by atoms with Crippen molar-refractivity contribution in [1.29, 1.82) is 0 Å². The van der Waals surface area contributed by atoms with E-state index in [-0.39, 0.29) is 23.7 Å². The van der Waals surface area contributed by atoms with Crippen LogP contribution in [-0.4, -0.2) is 52.9 Å². The van der Waals surface area contributed by atoms with E-state index >= 15 is 0 Å². The molecule has 0 spiro atoms. The van der Waals surface area contributed by atoms with Gasteiger partial charge in [0.25, 0.3) is 5.91 Å². The van der Waals surface area contributed by atoms with Crippen LogP contribution in [0.5, 0.6) is 0 Å². The summed E-state index contributed by atoms with van der Waals surface area (Å²) in [7, 11) is 0. The van der Waals surface area contributed by atoms with Gasteiger partial charge in [0.15, 0.2) is 6.04 Å². The van der Waals surface area contributed by atoms with E-state index in [0.717, 1.165) is 21.5 Å². The van der Waals surface area contributed by atoms with E-state index in [1.165, 1.54) is 6.20 Å². The van der Waals surface area contributed by atoms with Crippen molar-refractivity contribution in [2.24, 2.45) is 0 Å². The molecule has 178 valence electrons. The second-order valence-corrected chi connectivity index (χ2v) is 8.87. The summed E-state index contributed by atoms with van der Waals surface area (Å²) in [5.41, 5.74) is 3.05. The van der Waals surface area contributed by atoms with Gasteiger partial charge in [0.2, 0.25) is 0 Å². The molecule has 34 heavy (non-hydrogen) atoms. The molecule has 1 saturated heterocycles. The molecule has 2 aliphatic rings. The molecular formula is C25H26F3N5O. The first-order valence-corrected chi connectivity index (χ1v) is 11.4. The Morgan fingerprint density at radius 3 is 2.32 bits per heavy atom. The van der Waals surface area contributed by atoms with Gasteiger partial charge in [0, 0.05) is 38.3 Å². The van der Waals surface area contributed by atoms with Gasteiger partial charge in [-0.25, -0.2) is 4.68 Å². The molecule has 2 aliphatic heterocycles. The van der Waals surface area contributed by atoms with E-state index in [4.69, 9.17) is 0 Å². The van der Waals surface area contributed by atoms with Crippen molar-refractivity contribution >= 4 is 17.4 Å². The number of piperazine rings is 1. The number of fused-ring (bicyclic) bond motifs is 1. The minimum Gasteiger partial charge on any atom is -0.368 e. The van der Waals surface area contributed by atoms with Crippen LogP contribution in [0.4, 0.5) is 24.7 Å². The standard InChI is InChI=1S/C25H26F3N5O/c1-17-7-9-18(10-8-17)21-15-22(25(26,27)28)33-23(30-21)20(16-29-33)24(34)32-13-11-31(12-14-32)19-5-3-2-4-6-19/h2-10,16,21-22,30H,11-15H2,1H3/t21-,22-/m0/s1. The van der Waals surface area contributed by atoms with Crippen LogP contribution in [0.15, 0.2) is 60.8 Å². The van der Waals surface area contributed by atoms with Crippen molar-refractivity contribution in [3.05, 3.63) is 77.5 Å². The fourth-order valence-corrected chi connectivity index (χ4v) is 4.71. The number of aryl methyl sites for hydroxylation is 1. The summed E-state index contributed by atoms with van der Waals surface area (Å²) in [4.78, 5) is 17.2. The average molecular weight is 470 g/mol. The predicted molar refractivity (Wildman–Crippen MR) is 124 cm³/mol. The molecule has 1 aromatic heterocycles. The largest absolute Gasteiger partial charge is 0.410 e. The third kappa shape index (κ3) is 4.22. The number of amides is 1. The average Bonchev–Trinajstić information content (AvgIpc) is 3.27. The molecule has 2 atom stereocenters. The van der Waals surface area contributed by atoms with Crippen LogP contribution >= 0.6 is 0 Å². The third-order valence-electron chi connectivity index (χ3n) is 6.64. The van der Waals surface area contributed by atoms with Crippen LogP contribution < -0.4 is 10.2 Å². The number of nitrogens with zero attached hydrogens (tertiary/aromatic N) is 4. The lowest BCUT2D eigenvalue weighted by atomic mass is 9.96. The van der Waals surface area contributed by atoms with Crippen LogP contribution in [0, 0.1) is 6.92 Å². The molecule has 1 fully saturated rings. The third-order valence-corrected chi connectivity index (χ3v) is 6.64. The molecule has 6 nitrogen and oxygen atoms in total. The number of nitrogens with one attached hydrogen (secondary N) is 1. The highest BCUT2D eigenvalue weighted by Gasteiger charge is 2.47. The molecule has 5 rings (SSSR count). The summed E-state index contributed by atoms with van der Waals surface area (Å²) >= 11 is 0. The van der Waals surface area contributed by atoms with Gasteiger partial charge < -0.3 is 15.1 Å². The van der Waals surface area contributed by atoms with Crippen molar-refractivity contribution in [1.82, 2.24) is 14.7 Å². The molecule has 0 bridgehead atoms. The monoisotopic (exact) mass is 469 g/mol. The Bertz CT molecular complexity index is 1150. The maximum Gasteiger partial charge on any atom is 0.410 e. The number of carbonyl (C=O) groups excluding carboxylic acids is 1. The molecule has 2 aromatic carbocycles. The summed E-state index contributed by atoms with van der Waals surface area (Å²) in [5.74, 6) is -0.165. The first kappa shape index (κ1) is 22.3. The molecule has 3 aromatic rings. The molecule has 3 heterocycles. The van der Waals surface area contributed by atoms with Crippen LogP contribution in [0.2, 0.25) is 0 Å². The SMILES string of the molecule is Cc1ccc([C@@H]2C[C@@H](C(F)(F)F)n3ncc(C(=O)N4CCN(c5ccccc5)CC4)c3N2)cc1. The van der Waals surface area contributed by atoms with Gasteiger partial charge in [0.05, 0.1) is 12.2 Å². The van der Waals surface area contributed by atoms with E-state index in [0.29, 0.717) is 26.2 Å². The molecular weight excluding hydrogens is 443 g/mol. The van der Waals surface area contributed by atoms with E-state index in [2.05, 4.69) is 15.3 Å². The number of para-hydroxylation sites is 1. The van der Waals surface area contributed by atoms with Gasteiger partial charge in [-0.2, -0.15) is 18.3 Å². The Morgan fingerprint density at radius 2 is 1.68 bits per heavy atom. The Kier molecular flexibility index (Phi) is 5.71. The van der Waals surface area contributed by atoms with Crippen LogP contribution in [0.3, 0.4) is 0 Å². The summed E-state index contributed by atoms with van der Waals surface area (Å²) in [5, 5.41) is 7.18. The molecule has 0 radical (unpaired) electrons. The Labute approximate surface area is 196 Å². The van der Waals surface area contributed by atoms with E-state index < -0.39 is 18.3 Å².